The van der Waals surface area contributed by atoms with Crippen LogP contribution in [-0.4, -0.2) is 12.6 Å². The topological polar surface area (TPSA) is 26.3 Å². The lowest BCUT2D eigenvalue weighted by Gasteiger charge is -2.06. The van der Waals surface area contributed by atoms with Crippen LogP contribution < -0.4 is 0 Å². The van der Waals surface area contributed by atoms with Crippen molar-refractivity contribution in [3.8, 4) is 11.1 Å². The van der Waals surface area contributed by atoms with E-state index in [1.807, 2.05) is 0 Å². The molecular formula is C15H12F2O2. The van der Waals surface area contributed by atoms with Crippen LogP contribution in [0.15, 0.2) is 42.5 Å². The summed E-state index contributed by atoms with van der Waals surface area (Å²) in [6.07, 6.45) is 0. The van der Waals surface area contributed by atoms with E-state index in [2.05, 4.69) is 0 Å². The number of hydrogen-bond acceptors (Lipinski definition) is 2. The van der Waals surface area contributed by atoms with Gasteiger partial charge >= 0.3 is 5.97 Å². The number of benzene rings is 2. The van der Waals surface area contributed by atoms with Gasteiger partial charge in [0, 0.05) is 5.56 Å². The van der Waals surface area contributed by atoms with Crippen molar-refractivity contribution < 1.29 is 18.3 Å². The second-order valence-corrected chi connectivity index (χ2v) is 3.92. The van der Waals surface area contributed by atoms with Crippen LogP contribution in [0.3, 0.4) is 0 Å². The van der Waals surface area contributed by atoms with Gasteiger partial charge in [-0.1, -0.05) is 18.2 Å². The van der Waals surface area contributed by atoms with Gasteiger partial charge in [0.25, 0.3) is 0 Å². The molecule has 0 aliphatic rings. The number of esters is 1. The summed E-state index contributed by atoms with van der Waals surface area (Å²) in [4.78, 5) is 11.5. The number of hydrogen-bond donors (Lipinski definition) is 0. The molecule has 0 unspecified atom stereocenters. The minimum atomic E-state index is -0.563. The quantitative estimate of drug-likeness (QED) is 0.786. The van der Waals surface area contributed by atoms with Gasteiger partial charge in [-0.3, -0.25) is 0 Å². The van der Waals surface area contributed by atoms with Gasteiger partial charge < -0.3 is 4.74 Å². The predicted molar refractivity (Wildman–Crippen MR) is 67.8 cm³/mol. The van der Waals surface area contributed by atoms with Gasteiger partial charge in [0.1, 0.15) is 11.6 Å². The van der Waals surface area contributed by atoms with Crippen LogP contribution in [0.2, 0.25) is 0 Å². The molecule has 0 aliphatic carbocycles. The van der Waals surface area contributed by atoms with Gasteiger partial charge in [0.15, 0.2) is 0 Å². The van der Waals surface area contributed by atoms with Crippen LogP contribution in [0.4, 0.5) is 8.78 Å². The van der Waals surface area contributed by atoms with E-state index in [1.54, 1.807) is 6.92 Å². The van der Waals surface area contributed by atoms with Crippen molar-refractivity contribution in [1.82, 2.24) is 0 Å². The highest BCUT2D eigenvalue weighted by molar-refractivity contribution is 5.90. The largest absolute Gasteiger partial charge is 0.462 e. The molecule has 0 fully saturated rings. The highest BCUT2D eigenvalue weighted by atomic mass is 19.1. The lowest BCUT2D eigenvalue weighted by Crippen LogP contribution is -2.05. The Hall–Kier alpha value is -2.23. The van der Waals surface area contributed by atoms with Crippen LogP contribution in [0.5, 0.6) is 0 Å². The van der Waals surface area contributed by atoms with E-state index in [0.717, 1.165) is 6.07 Å². The molecule has 0 N–H and O–H groups in total. The molecular weight excluding hydrogens is 250 g/mol. The summed E-state index contributed by atoms with van der Waals surface area (Å²) in [6, 6.07) is 9.57. The maximum absolute atomic E-state index is 13.9. The molecule has 0 radical (unpaired) electrons. The fourth-order valence-electron chi connectivity index (χ4n) is 1.72. The van der Waals surface area contributed by atoms with Gasteiger partial charge in [0.05, 0.1) is 12.2 Å². The fourth-order valence-corrected chi connectivity index (χ4v) is 1.72. The van der Waals surface area contributed by atoms with Crippen molar-refractivity contribution in [2.45, 2.75) is 6.92 Å². The minimum Gasteiger partial charge on any atom is -0.462 e. The SMILES string of the molecule is CCOC(=O)c1ccc(-c2ccc(F)cc2)c(F)c1. The van der Waals surface area contributed by atoms with Crippen LogP contribution in [-0.2, 0) is 4.74 Å². The minimum absolute atomic E-state index is 0.158. The Balaban J connectivity index is 2.34. The molecule has 0 aliphatic heterocycles. The van der Waals surface area contributed by atoms with E-state index in [4.69, 9.17) is 4.74 Å². The summed E-state index contributed by atoms with van der Waals surface area (Å²) >= 11 is 0. The number of rotatable bonds is 3. The lowest BCUT2D eigenvalue weighted by atomic mass is 10.0. The standard InChI is InChI=1S/C15H12F2O2/c1-2-19-15(18)11-5-8-13(14(17)9-11)10-3-6-12(16)7-4-10/h3-9H,2H2,1H3. The Labute approximate surface area is 109 Å². The zero-order valence-corrected chi connectivity index (χ0v) is 10.3. The molecule has 0 saturated carbocycles. The molecule has 0 saturated heterocycles. The summed E-state index contributed by atoms with van der Waals surface area (Å²) in [5.74, 6) is -1.49. The molecule has 2 nitrogen and oxygen atoms in total. The third kappa shape index (κ3) is 2.96. The van der Waals surface area contributed by atoms with Crippen molar-refractivity contribution in [2.24, 2.45) is 0 Å². The Bertz CT molecular complexity index is 592. The smallest absolute Gasteiger partial charge is 0.338 e. The molecule has 0 spiro atoms. The third-order valence-electron chi connectivity index (χ3n) is 2.64. The van der Waals surface area contributed by atoms with Crippen molar-refractivity contribution in [3.63, 3.8) is 0 Å². The Morgan fingerprint density at radius 3 is 2.37 bits per heavy atom. The maximum atomic E-state index is 13.9. The fraction of sp³-hybridized carbons (Fsp3) is 0.133. The Morgan fingerprint density at radius 2 is 1.79 bits per heavy atom. The predicted octanol–water partition coefficient (Wildman–Crippen LogP) is 3.81. The maximum Gasteiger partial charge on any atom is 0.338 e. The average Bonchev–Trinajstić information content (AvgIpc) is 2.40. The highest BCUT2D eigenvalue weighted by Crippen LogP contribution is 2.24. The zero-order valence-electron chi connectivity index (χ0n) is 10.3. The van der Waals surface area contributed by atoms with Crippen molar-refractivity contribution in [1.29, 1.82) is 0 Å². The lowest BCUT2D eigenvalue weighted by molar-refractivity contribution is 0.0526. The summed E-state index contributed by atoms with van der Waals surface area (Å²) in [5.41, 5.74) is 1.02. The van der Waals surface area contributed by atoms with Gasteiger partial charge in [-0.05, 0) is 36.8 Å². The van der Waals surface area contributed by atoms with Gasteiger partial charge in [-0.2, -0.15) is 0 Å². The van der Waals surface area contributed by atoms with Gasteiger partial charge in [0.2, 0.25) is 0 Å². The van der Waals surface area contributed by atoms with E-state index < -0.39 is 11.8 Å². The second kappa shape index (κ2) is 5.61. The Morgan fingerprint density at radius 1 is 1.11 bits per heavy atom. The Kier molecular flexibility index (Phi) is 3.90. The van der Waals surface area contributed by atoms with E-state index in [9.17, 15) is 13.6 Å². The van der Waals surface area contributed by atoms with Crippen molar-refractivity contribution in [2.75, 3.05) is 6.61 Å². The van der Waals surface area contributed by atoms with E-state index in [-0.39, 0.29) is 18.0 Å². The van der Waals surface area contributed by atoms with Crippen LogP contribution in [0, 0.1) is 11.6 Å². The molecule has 0 amide bonds. The molecule has 0 heterocycles. The van der Waals surface area contributed by atoms with E-state index in [0.29, 0.717) is 11.1 Å². The first kappa shape index (κ1) is 13.2. The molecule has 2 rings (SSSR count). The summed E-state index contributed by atoms with van der Waals surface area (Å²) in [7, 11) is 0. The van der Waals surface area contributed by atoms with Crippen molar-refractivity contribution >= 4 is 5.97 Å². The normalized spacial score (nSPS) is 10.3. The first-order valence-electron chi connectivity index (χ1n) is 5.84. The zero-order chi connectivity index (χ0) is 13.8. The van der Waals surface area contributed by atoms with Crippen LogP contribution in [0.25, 0.3) is 11.1 Å². The number of halogens is 2. The first-order valence-corrected chi connectivity index (χ1v) is 5.84. The highest BCUT2D eigenvalue weighted by Gasteiger charge is 2.11. The number of carbonyl (C=O) groups is 1. The second-order valence-electron chi connectivity index (χ2n) is 3.92. The van der Waals surface area contributed by atoms with Crippen LogP contribution >= 0.6 is 0 Å². The van der Waals surface area contributed by atoms with Crippen LogP contribution in [0.1, 0.15) is 17.3 Å². The molecule has 2 aromatic rings. The third-order valence-corrected chi connectivity index (χ3v) is 2.64. The molecule has 2 aromatic carbocycles. The average molecular weight is 262 g/mol. The summed E-state index contributed by atoms with van der Waals surface area (Å²) in [5, 5.41) is 0. The monoisotopic (exact) mass is 262 g/mol. The molecule has 4 heteroatoms. The van der Waals surface area contributed by atoms with Gasteiger partial charge in [-0.25, -0.2) is 13.6 Å². The van der Waals surface area contributed by atoms with Gasteiger partial charge in [-0.15, -0.1) is 0 Å². The van der Waals surface area contributed by atoms with E-state index >= 15 is 0 Å². The molecule has 98 valence electrons. The number of ether oxygens (including phenoxy) is 1. The molecule has 0 bridgehead atoms. The summed E-state index contributed by atoms with van der Waals surface area (Å²) < 4.78 is 31.5. The molecule has 0 aromatic heterocycles. The number of carbonyl (C=O) groups excluding carboxylic acids is 1. The van der Waals surface area contributed by atoms with Crippen molar-refractivity contribution in [3.05, 3.63) is 59.7 Å². The first-order chi connectivity index (χ1) is 9.11. The molecule has 19 heavy (non-hydrogen) atoms. The van der Waals surface area contributed by atoms with E-state index in [1.165, 1.54) is 36.4 Å². The summed E-state index contributed by atoms with van der Waals surface area (Å²) in [6.45, 7) is 1.92. The molecule has 0 atom stereocenters.